The molecular formula is C26H24N2O3S. The maximum atomic E-state index is 13.0. The molecule has 2 aromatic carbocycles. The highest BCUT2D eigenvalue weighted by Gasteiger charge is 2.29. The van der Waals surface area contributed by atoms with Gasteiger partial charge in [0.2, 0.25) is 0 Å². The van der Waals surface area contributed by atoms with E-state index in [1.807, 2.05) is 48.5 Å². The quantitative estimate of drug-likeness (QED) is 0.309. The monoisotopic (exact) mass is 444 g/mol. The van der Waals surface area contributed by atoms with Crippen LogP contribution in [0, 0.1) is 17.2 Å². The topological polar surface area (TPSA) is 79.2 Å². The Labute approximate surface area is 191 Å². The fourth-order valence-electron chi connectivity index (χ4n) is 4.11. The molecule has 1 aliphatic carbocycles. The maximum Gasteiger partial charge on any atom is 0.341 e. The minimum Gasteiger partial charge on any atom is -0.462 e. The molecule has 4 rings (SSSR count). The molecule has 5 nitrogen and oxygen atoms in total. The van der Waals surface area contributed by atoms with Gasteiger partial charge in [0.1, 0.15) is 16.6 Å². The second kappa shape index (κ2) is 9.37. The summed E-state index contributed by atoms with van der Waals surface area (Å²) >= 11 is 1.42. The molecule has 0 saturated carbocycles. The number of nitriles is 1. The van der Waals surface area contributed by atoms with E-state index in [9.17, 15) is 14.9 Å². The van der Waals surface area contributed by atoms with Crippen molar-refractivity contribution in [3.63, 3.8) is 0 Å². The number of nitrogens with zero attached hydrogens (tertiary/aromatic N) is 1. The van der Waals surface area contributed by atoms with E-state index in [0.717, 1.165) is 46.0 Å². The van der Waals surface area contributed by atoms with Crippen LogP contribution in [0.3, 0.4) is 0 Å². The number of rotatable bonds is 5. The van der Waals surface area contributed by atoms with Crippen molar-refractivity contribution in [2.75, 3.05) is 11.9 Å². The van der Waals surface area contributed by atoms with Crippen LogP contribution in [-0.4, -0.2) is 18.5 Å². The molecule has 6 heteroatoms. The number of ether oxygens (including phenoxy) is 1. The summed E-state index contributed by atoms with van der Waals surface area (Å²) in [5.74, 6) is -0.426. The summed E-state index contributed by atoms with van der Waals surface area (Å²) in [5.41, 5.74) is 2.18. The van der Waals surface area contributed by atoms with Gasteiger partial charge in [-0.3, -0.25) is 4.79 Å². The van der Waals surface area contributed by atoms with Gasteiger partial charge in [0.15, 0.2) is 0 Å². The first-order chi connectivity index (χ1) is 15.5. The molecule has 0 saturated heterocycles. The summed E-state index contributed by atoms with van der Waals surface area (Å²) in [7, 11) is 0. The predicted octanol–water partition coefficient (Wildman–Crippen LogP) is 5.75. The highest BCUT2D eigenvalue weighted by molar-refractivity contribution is 7.17. The molecule has 0 unspecified atom stereocenters. The van der Waals surface area contributed by atoms with E-state index in [2.05, 4.69) is 12.2 Å². The minimum atomic E-state index is -0.530. The van der Waals surface area contributed by atoms with Crippen LogP contribution in [0.15, 0.2) is 48.0 Å². The van der Waals surface area contributed by atoms with Gasteiger partial charge in [-0.15, -0.1) is 11.3 Å². The summed E-state index contributed by atoms with van der Waals surface area (Å²) in [6.07, 6.45) is 4.25. The number of thiophene rings is 1. The largest absolute Gasteiger partial charge is 0.462 e. The summed E-state index contributed by atoms with van der Waals surface area (Å²) < 4.78 is 5.27. The first kappa shape index (κ1) is 21.8. The average Bonchev–Trinajstić information content (AvgIpc) is 3.14. The van der Waals surface area contributed by atoms with E-state index in [-0.39, 0.29) is 12.2 Å². The zero-order valence-electron chi connectivity index (χ0n) is 18.1. The Morgan fingerprint density at radius 3 is 2.81 bits per heavy atom. The smallest absolute Gasteiger partial charge is 0.341 e. The van der Waals surface area contributed by atoms with Crippen molar-refractivity contribution in [1.29, 1.82) is 5.26 Å². The van der Waals surface area contributed by atoms with Gasteiger partial charge in [0.25, 0.3) is 5.91 Å². The molecule has 1 aromatic heterocycles. The molecule has 0 aliphatic heterocycles. The van der Waals surface area contributed by atoms with Crippen molar-refractivity contribution in [3.05, 3.63) is 69.6 Å². The van der Waals surface area contributed by atoms with E-state index in [1.54, 1.807) is 13.0 Å². The molecule has 0 radical (unpaired) electrons. The Morgan fingerprint density at radius 2 is 2.03 bits per heavy atom. The van der Waals surface area contributed by atoms with Crippen LogP contribution < -0.4 is 5.32 Å². The van der Waals surface area contributed by atoms with Crippen LogP contribution in [0.2, 0.25) is 0 Å². The molecule has 32 heavy (non-hydrogen) atoms. The summed E-state index contributed by atoms with van der Waals surface area (Å²) in [6.45, 7) is 4.21. The molecule has 0 spiro atoms. The van der Waals surface area contributed by atoms with Gasteiger partial charge in [-0.25, -0.2) is 4.79 Å². The van der Waals surface area contributed by atoms with Crippen LogP contribution in [0.4, 0.5) is 5.00 Å². The lowest BCUT2D eigenvalue weighted by Gasteiger charge is -2.18. The molecule has 0 fully saturated rings. The Hall–Kier alpha value is -3.43. The van der Waals surface area contributed by atoms with Crippen LogP contribution in [0.5, 0.6) is 0 Å². The van der Waals surface area contributed by atoms with E-state index < -0.39 is 11.9 Å². The van der Waals surface area contributed by atoms with Crippen molar-refractivity contribution in [1.82, 2.24) is 0 Å². The van der Waals surface area contributed by atoms with Crippen LogP contribution in [-0.2, 0) is 22.4 Å². The lowest BCUT2D eigenvalue weighted by molar-refractivity contribution is -0.112. The predicted molar refractivity (Wildman–Crippen MR) is 128 cm³/mol. The van der Waals surface area contributed by atoms with Gasteiger partial charge in [0.05, 0.1) is 12.2 Å². The average molecular weight is 445 g/mol. The number of carbonyl (C=O) groups is 2. The first-order valence-corrected chi connectivity index (χ1v) is 11.6. The highest BCUT2D eigenvalue weighted by atomic mass is 32.1. The van der Waals surface area contributed by atoms with Gasteiger partial charge in [-0.1, -0.05) is 49.4 Å². The van der Waals surface area contributed by atoms with Crippen molar-refractivity contribution in [3.8, 4) is 6.07 Å². The zero-order chi connectivity index (χ0) is 22.7. The number of anilines is 1. The molecule has 1 aliphatic rings. The second-order valence-electron chi connectivity index (χ2n) is 7.97. The van der Waals surface area contributed by atoms with Crippen molar-refractivity contribution in [2.24, 2.45) is 5.92 Å². The summed E-state index contributed by atoms with van der Waals surface area (Å²) in [5, 5.41) is 15.0. The number of benzene rings is 2. The fraction of sp³-hybridized carbons (Fsp3) is 0.269. The lowest BCUT2D eigenvalue weighted by atomic mass is 9.88. The molecule has 1 amide bonds. The Balaban J connectivity index is 1.69. The third-order valence-corrected chi connectivity index (χ3v) is 6.88. The third-order valence-electron chi connectivity index (χ3n) is 5.71. The van der Waals surface area contributed by atoms with Gasteiger partial charge in [-0.05, 0) is 60.1 Å². The Kier molecular flexibility index (Phi) is 6.38. The number of nitrogens with one attached hydrogen (secondary N) is 1. The number of fused-ring (bicyclic) bond motifs is 2. The van der Waals surface area contributed by atoms with E-state index in [1.165, 1.54) is 11.3 Å². The van der Waals surface area contributed by atoms with Crippen LogP contribution >= 0.6 is 11.3 Å². The normalized spacial score (nSPS) is 15.7. The van der Waals surface area contributed by atoms with Crippen LogP contribution in [0.1, 0.15) is 46.6 Å². The van der Waals surface area contributed by atoms with E-state index in [0.29, 0.717) is 16.5 Å². The number of amides is 1. The van der Waals surface area contributed by atoms with Crippen molar-refractivity contribution < 1.29 is 14.3 Å². The second-order valence-corrected chi connectivity index (χ2v) is 9.07. The molecule has 1 N–H and O–H groups in total. The molecule has 0 bridgehead atoms. The number of carbonyl (C=O) groups excluding carboxylic acids is 2. The van der Waals surface area contributed by atoms with Crippen molar-refractivity contribution in [2.45, 2.75) is 33.1 Å². The molecule has 162 valence electrons. The standard InChI is InChI=1S/C26H24N2O3S/c1-3-31-26(30)23-21-12-11-16(2)13-22(21)32-25(23)28-24(29)19(15-27)14-18-9-6-8-17-7-4-5-10-20(17)18/h4-10,14,16H,3,11-13H2,1-2H3,(H,28,29)/b19-14+/t16-/m1/s1. The summed E-state index contributed by atoms with van der Waals surface area (Å²) in [6, 6.07) is 15.6. The van der Waals surface area contributed by atoms with E-state index in [4.69, 9.17) is 4.74 Å². The highest BCUT2D eigenvalue weighted by Crippen LogP contribution is 2.40. The minimum absolute atomic E-state index is 0.0177. The number of hydrogen-bond acceptors (Lipinski definition) is 5. The van der Waals surface area contributed by atoms with Gasteiger partial charge in [-0.2, -0.15) is 5.26 Å². The molecule has 1 atom stereocenters. The van der Waals surface area contributed by atoms with E-state index >= 15 is 0 Å². The number of esters is 1. The molecule has 3 aromatic rings. The van der Waals surface area contributed by atoms with Crippen LogP contribution in [0.25, 0.3) is 16.8 Å². The molecule has 1 heterocycles. The fourth-order valence-corrected chi connectivity index (χ4v) is 5.50. The third kappa shape index (κ3) is 4.30. The van der Waals surface area contributed by atoms with Crippen molar-refractivity contribution >= 4 is 45.1 Å². The zero-order valence-corrected chi connectivity index (χ0v) is 18.9. The first-order valence-electron chi connectivity index (χ1n) is 10.7. The van der Waals surface area contributed by atoms with Gasteiger partial charge < -0.3 is 10.1 Å². The molecular weight excluding hydrogens is 420 g/mol. The Morgan fingerprint density at radius 1 is 1.25 bits per heavy atom. The summed E-state index contributed by atoms with van der Waals surface area (Å²) in [4.78, 5) is 26.8. The number of hydrogen-bond donors (Lipinski definition) is 1. The SMILES string of the molecule is CCOC(=O)c1c(NC(=O)/C(C#N)=C/c2cccc3ccccc23)sc2c1CC[C@@H](C)C2. The maximum absolute atomic E-state index is 13.0. The van der Waals surface area contributed by atoms with Gasteiger partial charge >= 0.3 is 5.97 Å². The van der Waals surface area contributed by atoms with Gasteiger partial charge in [0, 0.05) is 4.88 Å². The Bertz CT molecular complexity index is 1260. The lowest BCUT2D eigenvalue weighted by Crippen LogP contribution is -2.17.